The Morgan fingerprint density at radius 3 is 2.69 bits per heavy atom. The van der Waals surface area contributed by atoms with Crippen molar-refractivity contribution in [3.05, 3.63) is 50.8 Å². The zero-order chi connectivity index (χ0) is 18.3. The molecule has 0 radical (unpaired) electrons. The summed E-state index contributed by atoms with van der Waals surface area (Å²) in [6, 6.07) is 10.3. The van der Waals surface area contributed by atoms with Crippen LogP contribution in [0.15, 0.2) is 36.5 Å². The average molecular weight is 484 g/mol. The topological polar surface area (TPSA) is 49.2 Å². The van der Waals surface area contributed by atoms with E-state index in [1.165, 1.54) is 0 Å². The minimum atomic E-state index is -0.119. The second-order valence-corrected chi connectivity index (χ2v) is 8.49. The fraction of sp³-hybridized carbons (Fsp3) is 0.368. The van der Waals surface area contributed by atoms with Crippen LogP contribution >= 0.6 is 34.2 Å². The van der Waals surface area contributed by atoms with Crippen molar-refractivity contribution in [1.29, 1.82) is 0 Å². The Morgan fingerprint density at radius 2 is 2.00 bits per heavy atom. The maximum absolute atomic E-state index is 6.20. The lowest BCUT2D eigenvalue weighted by atomic mass is 9.76. The van der Waals surface area contributed by atoms with Crippen LogP contribution in [-0.4, -0.2) is 27.5 Å². The van der Waals surface area contributed by atoms with E-state index in [0.29, 0.717) is 17.8 Å². The smallest absolute Gasteiger partial charge is 0.164 e. The molecule has 0 spiro atoms. The molecule has 1 saturated carbocycles. The van der Waals surface area contributed by atoms with Gasteiger partial charge in [-0.05, 0) is 66.1 Å². The second-order valence-electron chi connectivity index (χ2n) is 6.94. The molecule has 3 aromatic rings. The summed E-state index contributed by atoms with van der Waals surface area (Å²) in [6.45, 7) is 2.78. The van der Waals surface area contributed by atoms with Gasteiger partial charge in [0.15, 0.2) is 10.8 Å². The fourth-order valence-electron chi connectivity index (χ4n) is 3.49. The van der Waals surface area contributed by atoms with Gasteiger partial charge in [0.05, 0.1) is 19.3 Å². The fourth-order valence-corrected chi connectivity index (χ4v) is 4.33. The summed E-state index contributed by atoms with van der Waals surface area (Å²) < 4.78 is 14.7. The second kappa shape index (κ2) is 6.98. The Kier molecular flexibility index (Phi) is 4.83. The van der Waals surface area contributed by atoms with E-state index in [9.17, 15) is 0 Å². The Morgan fingerprint density at radius 1 is 1.27 bits per heavy atom. The zero-order valence-corrected chi connectivity index (χ0v) is 17.5. The summed E-state index contributed by atoms with van der Waals surface area (Å²) in [4.78, 5) is 0. The lowest BCUT2D eigenvalue weighted by Crippen LogP contribution is -2.44. The van der Waals surface area contributed by atoms with Crippen LogP contribution in [0.2, 0.25) is 5.15 Å². The monoisotopic (exact) mass is 483 g/mol. The van der Waals surface area contributed by atoms with Crippen molar-refractivity contribution < 1.29 is 9.47 Å². The van der Waals surface area contributed by atoms with E-state index in [-0.39, 0.29) is 5.60 Å². The van der Waals surface area contributed by atoms with Crippen molar-refractivity contribution >= 4 is 45.2 Å². The molecular weight excluding hydrogens is 465 g/mol. The highest BCUT2D eigenvalue weighted by atomic mass is 127. The van der Waals surface area contributed by atoms with Gasteiger partial charge < -0.3 is 14.0 Å². The van der Waals surface area contributed by atoms with Crippen LogP contribution in [0.1, 0.15) is 31.4 Å². The first-order valence-corrected chi connectivity index (χ1v) is 9.89. The molecule has 0 unspecified atom stereocenters. The van der Waals surface area contributed by atoms with Crippen LogP contribution in [0.4, 0.5) is 0 Å². The normalized spacial score (nSPS) is 22.4. The minimum absolute atomic E-state index is 0.119. The molecule has 136 valence electrons. The molecule has 4 rings (SSSR count). The first-order valence-electron chi connectivity index (χ1n) is 8.43. The van der Waals surface area contributed by atoms with Gasteiger partial charge in [-0.15, -0.1) is 10.2 Å². The lowest BCUT2D eigenvalue weighted by Gasteiger charge is -2.45. The van der Waals surface area contributed by atoms with E-state index >= 15 is 0 Å². The number of halogens is 2. The van der Waals surface area contributed by atoms with Gasteiger partial charge in [0.25, 0.3) is 0 Å². The average Bonchev–Trinajstić information content (AvgIpc) is 2.94. The molecule has 2 aromatic heterocycles. The molecule has 7 heteroatoms. The molecule has 1 aliphatic carbocycles. The molecule has 1 aromatic carbocycles. The van der Waals surface area contributed by atoms with Crippen LogP contribution in [0.25, 0.3) is 11.0 Å². The zero-order valence-electron chi connectivity index (χ0n) is 14.6. The number of benzene rings is 1. The van der Waals surface area contributed by atoms with Crippen molar-refractivity contribution in [3.63, 3.8) is 0 Å². The van der Waals surface area contributed by atoms with Crippen molar-refractivity contribution in [3.8, 4) is 5.75 Å². The van der Waals surface area contributed by atoms with E-state index < -0.39 is 0 Å². The minimum Gasteiger partial charge on any atom is -0.497 e. The van der Waals surface area contributed by atoms with Crippen LogP contribution in [0.3, 0.4) is 0 Å². The summed E-state index contributed by atoms with van der Waals surface area (Å²) in [5, 5.41) is 9.76. The standard InChI is InChI=1S/C19H19ClIN3O2/c1-19(26-11-12-3-5-14(25-2)6-4-12)8-13(9-19)24-10-16(21)15-7-17(20)22-23-18(15)24/h3-7,10,13H,8-9,11H2,1-2H3. The van der Waals surface area contributed by atoms with Gasteiger partial charge in [0.2, 0.25) is 0 Å². The van der Waals surface area contributed by atoms with Gasteiger partial charge in [0.1, 0.15) is 5.75 Å². The number of nitrogens with zero attached hydrogens (tertiary/aromatic N) is 3. The summed E-state index contributed by atoms with van der Waals surface area (Å²) in [5.74, 6) is 0.860. The molecule has 0 atom stereocenters. The van der Waals surface area contributed by atoms with E-state index in [2.05, 4.69) is 50.5 Å². The molecule has 0 amide bonds. The van der Waals surface area contributed by atoms with Gasteiger partial charge in [0, 0.05) is 21.2 Å². The van der Waals surface area contributed by atoms with Gasteiger partial charge in [-0.3, -0.25) is 0 Å². The van der Waals surface area contributed by atoms with Gasteiger partial charge in [-0.2, -0.15) is 0 Å². The molecule has 1 fully saturated rings. The maximum atomic E-state index is 6.20. The first kappa shape index (κ1) is 18.0. The maximum Gasteiger partial charge on any atom is 0.164 e. The number of hydrogen-bond acceptors (Lipinski definition) is 4. The molecule has 0 N–H and O–H groups in total. The van der Waals surface area contributed by atoms with E-state index in [4.69, 9.17) is 21.1 Å². The Balaban J connectivity index is 1.42. The molecule has 2 heterocycles. The highest BCUT2D eigenvalue weighted by Crippen LogP contribution is 2.46. The number of rotatable bonds is 5. The summed E-state index contributed by atoms with van der Waals surface area (Å²) in [6.07, 6.45) is 4.03. The van der Waals surface area contributed by atoms with Crippen molar-refractivity contribution in [2.75, 3.05) is 7.11 Å². The number of hydrogen-bond donors (Lipinski definition) is 0. The van der Waals surface area contributed by atoms with Gasteiger partial charge in [-0.1, -0.05) is 23.7 Å². The molecule has 5 nitrogen and oxygen atoms in total. The summed E-state index contributed by atoms with van der Waals surface area (Å²) in [5.41, 5.74) is 1.92. The SMILES string of the molecule is COc1ccc(COC2(C)CC(n3cc(I)c4cc(Cl)nnc43)C2)cc1. The van der Waals surface area contributed by atoms with Crippen LogP contribution in [0, 0.1) is 3.57 Å². The lowest BCUT2D eigenvalue weighted by molar-refractivity contribution is -0.118. The van der Waals surface area contributed by atoms with E-state index in [1.807, 2.05) is 30.3 Å². The Hall–Kier alpha value is -1.38. The Bertz CT molecular complexity index is 936. The molecular formula is C19H19ClIN3O2. The molecule has 0 bridgehead atoms. The number of aromatic nitrogens is 3. The summed E-state index contributed by atoms with van der Waals surface area (Å²) >= 11 is 8.30. The predicted molar refractivity (Wildman–Crippen MR) is 110 cm³/mol. The number of fused-ring (bicyclic) bond motifs is 1. The third kappa shape index (κ3) is 3.42. The summed E-state index contributed by atoms with van der Waals surface area (Å²) in [7, 11) is 1.67. The quantitative estimate of drug-likeness (QED) is 0.479. The number of ether oxygens (including phenoxy) is 2. The van der Waals surface area contributed by atoms with Crippen LogP contribution in [0.5, 0.6) is 5.75 Å². The molecule has 0 aliphatic heterocycles. The largest absolute Gasteiger partial charge is 0.497 e. The number of methoxy groups -OCH3 is 1. The van der Waals surface area contributed by atoms with Crippen LogP contribution < -0.4 is 4.74 Å². The third-order valence-corrected chi connectivity index (χ3v) is 6.02. The third-order valence-electron chi connectivity index (χ3n) is 4.97. The first-order chi connectivity index (χ1) is 12.5. The molecule has 0 saturated heterocycles. The Labute approximate surface area is 170 Å². The molecule has 1 aliphatic rings. The van der Waals surface area contributed by atoms with E-state index in [1.54, 1.807) is 7.11 Å². The predicted octanol–water partition coefficient (Wildman–Crippen LogP) is 5.01. The highest BCUT2D eigenvalue weighted by Gasteiger charge is 2.43. The van der Waals surface area contributed by atoms with Crippen molar-refractivity contribution in [2.45, 2.75) is 38.0 Å². The van der Waals surface area contributed by atoms with Gasteiger partial charge >= 0.3 is 0 Å². The molecule has 26 heavy (non-hydrogen) atoms. The van der Waals surface area contributed by atoms with Crippen LogP contribution in [-0.2, 0) is 11.3 Å². The van der Waals surface area contributed by atoms with Gasteiger partial charge in [-0.25, -0.2) is 0 Å². The van der Waals surface area contributed by atoms with E-state index in [0.717, 1.165) is 38.8 Å². The highest BCUT2D eigenvalue weighted by molar-refractivity contribution is 14.1. The van der Waals surface area contributed by atoms with Crippen molar-refractivity contribution in [2.24, 2.45) is 0 Å². The van der Waals surface area contributed by atoms with Crippen molar-refractivity contribution in [1.82, 2.24) is 14.8 Å².